The molecule has 18 heavy (non-hydrogen) atoms. The average Bonchev–Trinajstić information content (AvgIpc) is 2.37. The normalized spacial score (nSPS) is 11.3. The Kier molecular flexibility index (Phi) is 15.2. The van der Waals surface area contributed by atoms with Crippen molar-refractivity contribution in [3.63, 3.8) is 0 Å². The summed E-state index contributed by atoms with van der Waals surface area (Å²) >= 11 is 0. The summed E-state index contributed by atoms with van der Waals surface area (Å²) in [7, 11) is -1.35. The monoisotopic (exact) mass is 276 g/mol. The molecule has 0 unspecified atom stereocenters. The minimum Gasteiger partial charge on any atom is -0.397 e. The molecule has 0 spiro atoms. The Labute approximate surface area is 114 Å². The van der Waals surface area contributed by atoms with E-state index < -0.39 is 9.28 Å². The molecule has 0 aromatic carbocycles. The lowest BCUT2D eigenvalue weighted by atomic mass is 10.2. The molecule has 0 heterocycles. The van der Waals surface area contributed by atoms with Gasteiger partial charge in [0.1, 0.15) is 0 Å². The zero-order valence-corrected chi connectivity index (χ0v) is 13.4. The summed E-state index contributed by atoms with van der Waals surface area (Å²) in [5, 5.41) is 3.48. The van der Waals surface area contributed by atoms with Gasteiger partial charge in [0.15, 0.2) is 0 Å². The third-order valence-electron chi connectivity index (χ3n) is 2.81. The molecule has 0 saturated heterocycles. The molecule has 0 bridgehead atoms. The molecule has 110 valence electrons. The number of hydrogen-bond acceptors (Lipinski definition) is 4. The van der Waals surface area contributed by atoms with Crippen molar-refractivity contribution in [2.45, 2.75) is 52.0 Å². The minimum atomic E-state index is -1.35. The van der Waals surface area contributed by atoms with E-state index in [9.17, 15) is 0 Å². The average molecular weight is 276 g/mol. The fourth-order valence-corrected chi connectivity index (χ4v) is 3.64. The van der Waals surface area contributed by atoms with Gasteiger partial charge in [-0.3, -0.25) is 0 Å². The second-order valence-electron chi connectivity index (χ2n) is 4.44. The molecule has 0 aromatic rings. The smallest absolute Gasteiger partial charge is 0.321 e. The molecule has 4 nitrogen and oxygen atoms in total. The maximum absolute atomic E-state index is 5.64. The van der Waals surface area contributed by atoms with Crippen LogP contribution in [-0.2, 0) is 8.85 Å². The molecule has 5 heteroatoms. The molecular formula is C13H32N2O2Si. The predicted octanol–water partition coefficient (Wildman–Crippen LogP) is 1.78. The molecule has 0 atom stereocenters. The number of rotatable bonds is 14. The number of hydrogen-bond donors (Lipinski definition) is 2. The van der Waals surface area contributed by atoms with E-state index in [4.69, 9.17) is 14.6 Å². The van der Waals surface area contributed by atoms with Crippen molar-refractivity contribution in [2.75, 3.05) is 32.8 Å². The number of nitrogens with two attached hydrogens (primary N) is 1. The van der Waals surface area contributed by atoms with Gasteiger partial charge in [0.2, 0.25) is 0 Å². The van der Waals surface area contributed by atoms with Crippen LogP contribution in [-0.4, -0.2) is 42.1 Å². The summed E-state index contributed by atoms with van der Waals surface area (Å²) < 4.78 is 11.3. The SMILES string of the molecule is CCO[SiH](CCCCNCCCCCN)OCC. The standard InChI is InChI=1S/C13H32N2O2Si/c1-3-16-18(17-4-2)13-9-8-12-15-11-7-5-6-10-14/h15,18H,3-14H2,1-2H3. The first-order chi connectivity index (χ1) is 8.85. The quantitative estimate of drug-likeness (QED) is 0.375. The first kappa shape index (κ1) is 18.1. The Hall–Kier alpha value is 0.0569. The molecule has 0 radical (unpaired) electrons. The van der Waals surface area contributed by atoms with Gasteiger partial charge in [0.05, 0.1) is 0 Å². The van der Waals surface area contributed by atoms with Gasteiger partial charge in [-0.2, -0.15) is 0 Å². The maximum Gasteiger partial charge on any atom is 0.321 e. The first-order valence-corrected chi connectivity index (χ1v) is 9.25. The van der Waals surface area contributed by atoms with Crippen molar-refractivity contribution in [2.24, 2.45) is 5.73 Å². The van der Waals surface area contributed by atoms with E-state index in [1.807, 2.05) is 13.8 Å². The van der Waals surface area contributed by atoms with Crippen molar-refractivity contribution in [3.05, 3.63) is 0 Å². The fraction of sp³-hybridized carbons (Fsp3) is 1.00. The van der Waals surface area contributed by atoms with E-state index >= 15 is 0 Å². The second-order valence-corrected chi connectivity index (χ2v) is 6.54. The predicted molar refractivity (Wildman–Crippen MR) is 80.2 cm³/mol. The highest BCUT2D eigenvalue weighted by molar-refractivity contribution is 6.44. The molecular weight excluding hydrogens is 244 g/mol. The van der Waals surface area contributed by atoms with Crippen LogP contribution in [0, 0.1) is 0 Å². The molecule has 0 amide bonds. The van der Waals surface area contributed by atoms with Gasteiger partial charge in [0.25, 0.3) is 0 Å². The Bertz CT molecular complexity index is 156. The number of nitrogens with one attached hydrogen (secondary N) is 1. The fourth-order valence-electron chi connectivity index (χ4n) is 1.84. The molecule has 0 fully saturated rings. The summed E-state index contributed by atoms with van der Waals surface area (Å²) in [5.74, 6) is 0. The van der Waals surface area contributed by atoms with E-state index in [2.05, 4.69) is 5.32 Å². The van der Waals surface area contributed by atoms with Crippen LogP contribution >= 0.6 is 0 Å². The van der Waals surface area contributed by atoms with E-state index in [1.165, 1.54) is 25.7 Å². The highest BCUT2D eigenvalue weighted by Gasteiger charge is 2.10. The molecule has 3 N–H and O–H groups in total. The van der Waals surface area contributed by atoms with Crippen LogP contribution < -0.4 is 11.1 Å². The largest absolute Gasteiger partial charge is 0.397 e. The van der Waals surface area contributed by atoms with Gasteiger partial charge in [-0.05, 0) is 58.8 Å². The summed E-state index contributed by atoms with van der Waals surface area (Å²) in [5.41, 5.74) is 5.45. The number of unbranched alkanes of at least 4 members (excludes halogenated alkanes) is 3. The Morgan fingerprint density at radius 3 is 2.06 bits per heavy atom. The lowest BCUT2D eigenvalue weighted by Crippen LogP contribution is -2.23. The van der Waals surface area contributed by atoms with E-state index in [0.29, 0.717) is 0 Å². The lowest BCUT2D eigenvalue weighted by molar-refractivity contribution is 0.212. The van der Waals surface area contributed by atoms with Gasteiger partial charge in [-0.25, -0.2) is 0 Å². The van der Waals surface area contributed by atoms with Crippen molar-refractivity contribution in [1.29, 1.82) is 0 Å². The van der Waals surface area contributed by atoms with Crippen LogP contribution in [0.1, 0.15) is 46.0 Å². The molecule has 0 rings (SSSR count). The zero-order chi connectivity index (χ0) is 13.5. The van der Waals surface area contributed by atoms with Crippen LogP contribution in [0.4, 0.5) is 0 Å². The third kappa shape index (κ3) is 12.5. The van der Waals surface area contributed by atoms with Crippen LogP contribution in [0.3, 0.4) is 0 Å². The van der Waals surface area contributed by atoms with Gasteiger partial charge in [0, 0.05) is 13.2 Å². The van der Waals surface area contributed by atoms with Crippen molar-refractivity contribution in [3.8, 4) is 0 Å². The first-order valence-electron chi connectivity index (χ1n) is 7.49. The van der Waals surface area contributed by atoms with Gasteiger partial charge in [-0.1, -0.05) is 12.8 Å². The third-order valence-corrected chi connectivity index (χ3v) is 5.10. The lowest BCUT2D eigenvalue weighted by Gasteiger charge is -2.14. The summed E-state index contributed by atoms with van der Waals surface area (Å²) in [6.07, 6.45) is 6.07. The highest BCUT2D eigenvalue weighted by Crippen LogP contribution is 2.04. The van der Waals surface area contributed by atoms with Crippen LogP contribution in [0.25, 0.3) is 0 Å². The van der Waals surface area contributed by atoms with Crippen LogP contribution in [0.5, 0.6) is 0 Å². The second kappa shape index (κ2) is 15.1. The topological polar surface area (TPSA) is 56.5 Å². The van der Waals surface area contributed by atoms with Gasteiger partial charge in [-0.15, -0.1) is 0 Å². The van der Waals surface area contributed by atoms with Crippen molar-refractivity contribution < 1.29 is 8.85 Å². The summed E-state index contributed by atoms with van der Waals surface area (Å²) in [6.45, 7) is 8.72. The zero-order valence-electron chi connectivity index (χ0n) is 12.2. The summed E-state index contributed by atoms with van der Waals surface area (Å²) in [6, 6.07) is 1.14. The highest BCUT2D eigenvalue weighted by atomic mass is 28.3. The maximum atomic E-state index is 5.64. The van der Waals surface area contributed by atoms with E-state index in [1.54, 1.807) is 0 Å². The van der Waals surface area contributed by atoms with E-state index in [-0.39, 0.29) is 0 Å². The molecule has 0 saturated carbocycles. The van der Waals surface area contributed by atoms with Crippen LogP contribution in [0.15, 0.2) is 0 Å². The van der Waals surface area contributed by atoms with Gasteiger partial charge < -0.3 is 19.9 Å². The molecule has 0 aromatic heterocycles. The molecule has 0 aliphatic rings. The molecule has 0 aliphatic heterocycles. The van der Waals surface area contributed by atoms with Gasteiger partial charge >= 0.3 is 9.28 Å². The van der Waals surface area contributed by atoms with Crippen molar-refractivity contribution >= 4 is 9.28 Å². The van der Waals surface area contributed by atoms with Crippen LogP contribution in [0.2, 0.25) is 6.04 Å². The Balaban J connectivity index is 3.21. The van der Waals surface area contributed by atoms with Crippen molar-refractivity contribution in [1.82, 2.24) is 5.32 Å². The Morgan fingerprint density at radius 1 is 0.889 bits per heavy atom. The summed E-state index contributed by atoms with van der Waals surface area (Å²) in [4.78, 5) is 0. The molecule has 0 aliphatic carbocycles. The minimum absolute atomic E-state index is 0.788. The van der Waals surface area contributed by atoms with E-state index in [0.717, 1.165) is 45.3 Å². The Morgan fingerprint density at radius 2 is 1.50 bits per heavy atom.